The van der Waals surface area contributed by atoms with Gasteiger partial charge in [-0.05, 0) is 85.4 Å². The Bertz CT molecular complexity index is 1780. The first-order valence-corrected chi connectivity index (χ1v) is 16.4. The highest BCUT2D eigenvalue weighted by Crippen LogP contribution is 2.38. The van der Waals surface area contributed by atoms with Crippen molar-refractivity contribution in [2.75, 3.05) is 30.6 Å². The summed E-state index contributed by atoms with van der Waals surface area (Å²) in [5, 5.41) is 9.02. The summed E-state index contributed by atoms with van der Waals surface area (Å²) in [6, 6.07) is 22.8. The van der Waals surface area contributed by atoms with Gasteiger partial charge in [0.2, 0.25) is 5.91 Å². The van der Waals surface area contributed by atoms with Crippen LogP contribution in [0.3, 0.4) is 0 Å². The zero-order chi connectivity index (χ0) is 32.5. The van der Waals surface area contributed by atoms with Gasteiger partial charge in [0.25, 0.3) is 11.8 Å². The molecule has 0 unspecified atom stereocenters. The number of carbonyl (C=O) groups is 4. The molecule has 0 spiro atoms. The van der Waals surface area contributed by atoms with Crippen LogP contribution in [0.4, 0.5) is 10.7 Å². The number of benzene rings is 3. The SMILES string of the molecule is COC(=O)c1c(NC(=O)CSc2cccc(NC(=O)/C(=C/c3cccc(OC)c3)NC(=O)c3ccccc3)c2)sc2c1CCCC2. The first kappa shape index (κ1) is 32.5. The summed E-state index contributed by atoms with van der Waals surface area (Å²) < 4.78 is 10.3. The Morgan fingerprint density at radius 3 is 2.46 bits per heavy atom. The lowest BCUT2D eigenvalue weighted by Crippen LogP contribution is -2.30. The summed E-state index contributed by atoms with van der Waals surface area (Å²) in [5.74, 6) is -0.946. The van der Waals surface area contributed by atoms with Crippen molar-refractivity contribution in [3.8, 4) is 5.75 Å². The fraction of sp³-hybridized carbons (Fsp3) is 0.200. The molecule has 3 amide bonds. The molecule has 0 saturated heterocycles. The number of nitrogens with one attached hydrogen (secondary N) is 3. The quantitative estimate of drug-likeness (QED) is 0.0950. The van der Waals surface area contributed by atoms with Crippen molar-refractivity contribution < 1.29 is 28.7 Å². The maximum Gasteiger partial charge on any atom is 0.341 e. The van der Waals surface area contributed by atoms with Crippen molar-refractivity contribution in [1.82, 2.24) is 5.32 Å². The molecular formula is C35H33N3O6S2. The molecule has 1 aliphatic rings. The minimum absolute atomic E-state index is 0.0413. The lowest BCUT2D eigenvalue weighted by molar-refractivity contribution is -0.114. The van der Waals surface area contributed by atoms with E-state index in [1.54, 1.807) is 86.0 Å². The van der Waals surface area contributed by atoms with Crippen LogP contribution < -0.4 is 20.7 Å². The van der Waals surface area contributed by atoms with Crippen molar-refractivity contribution in [2.45, 2.75) is 30.6 Å². The maximum absolute atomic E-state index is 13.5. The molecular weight excluding hydrogens is 623 g/mol. The van der Waals surface area contributed by atoms with E-state index in [4.69, 9.17) is 9.47 Å². The van der Waals surface area contributed by atoms with E-state index in [1.165, 1.54) is 30.2 Å². The molecule has 0 radical (unpaired) electrons. The van der Waals surface area contributed by atoms with Gasteiger partial charge in [-0.1, -0.05) is 36.4 Å². The summed E-state index contributed by atoms with van der Waals surface area (Å²) in [6.07, 6.45) is 5.32. The molecule has 9 nitrogen and oxygen atoms in total. The Balaban J connectivity index is 1.27. The third-order valence-corrected chi connectivity index (χ3v) is 9.41. The molecule has 0 aliphatic heterocycles. The minimum atomic E-state index is -0.524. The van der Waals surface area contributed by atoms with Gasteiger partial charge in [-0.15, -0.1) is 23.1 Å². The van der Waals surface area contributed by atoms with E-state index >= 15 is 0 Å². The van der Waals surface area contributed by atoms with Crippen LogP contribution >= 0.6 is 23.1 Å². The molecule has 236 valence electrons. The Hall–Kier alpha value is -4.87. The zero-order valence-corrected chi connectivity index (χ0v) is 27.0. The van der Waals surface area contributed by atoms with Gasteiger partial charge in [-0.3, -0.25) is 14.4 Å². The zero-order valence-electron chi connectivity index (χ0n) is 25.4. The number of thioether (sulfide) groups is 1. The minimum Gasteiger partial charge on any atom is -0.497 e. The van der Waals surface area contributed by atoms with E-state index in [2.05, 4.69) is 16.0 Å². The summed E-state index contributed by atoms with van der Waals surface area (Å²) in [5.41, 5.74) is 3.04. The maximum atomic E-state index is 13.5. The molecule has 1 aromatic heterocycles. The Kier molecular flexibility index (Phi) is 10.9. The van der Waals surface area contributed by atoms with Crippen LogP contribution in [0.2, 0.25) is 0 Å². The van der Waals surface area contributed by atoms with E-state index in [0.717, 1.165) is 41.0 Å². The first-order valence-electron chi connectivity index (χ1n) is 14.6. The molecule has 0 saturated carbocycles. The lowest BCUT2D eigenvalue weighted by atomic mass is 9.95. The highest BCUT2D eigenvalue weighted by Gasteiger charge is 2.27. The van der Waals surface area contributed by atoms with Gasteiger partial charge >= 0.3 is 5.97 Å². The number of methoxy groups -OCH3 is 2. The molecule has 11 heteroatoms. The molecule has 1 heterocycles. The van der Waals surface area contributed by atoms with Gasteiger partial charge < -0.3 is 25.4 Å². The van der Waals surface area contributed by atoms with Gasteiger partial charge in [0.15, 0.2) is 0 Å². The van der Waals surface area contributed by atoms with Crippen LogP contribution in [0.5, 0.6) is 5.75 Å². The van der Waals surface area contributed by atoms with Crippen LogP contribution in [0.25, 0.3) is 6.08 Å². The van der Waals surface area contributed by atoms with Gasteiger partial charge in [0, 0.05) is 21.0 Å². The summed E-state index contributed by atoms with van der Waals surface area (Å²) in [6.45, 7) is 0. The molecule has 0 fully saturated rings. The van der Waals surface area contributed by atoms with Crippen LogP contribution in [0.15, 0.2) is 89.5 Å². The van der Waals surface area contributed by atoms with Crippen molar-refractivity contribution in [3.05, 3.63) is 112 Å². The molecule has 5 rings (SSSR count). The average molecular weight is 656 g/mol. The number of rotatable bonds is 11. The third-order valence-electron chi connectivity index (χ3n) is 7.21. The topological polar surface area (TPSA) is 123 Å². The van der Waals surface area contributed by atoms with E-state index < -0.39 is 17.8 Å². The Morgan fingerprint density at radius 1 is 0.891 bits per heavy atom. The Morgan fingerprint density at radius 2 is 1.67 bits per heavy atom. The third kappa shape index (κ3) is 8.23. The number of fused-ring (bicyclic) bond motifs is 1. The van der Waals surface area contributed by atoms with Gasteiger partial charge in [-0.25, -0.2) is 4.79 Å². The molecule has 3 aromatic carbocycles. The molecule has 0 atom stereocenters. The number of hydrogen-bond donors (Lipinski definition) is 3. The first-order chi connectivity index (χ1) is 22.3. The number of amides is 3. The summed E-state index contributed by atoms with van der Waals surface area (Å²) >= 11 is 2.73. The van der Waals surface area contributed by atoms with Crippen LogP contribution in [0.1, 0.15) is 49.6 Å². The standard InChI is InChI=1S/C35H33N3O6S2/c1-43-25-14-8-10-22(18-25)19-28(37-32(40)23-11-4-3-5-12-23)33(41)36-24-13-9-15-26(20-24)45-21-30(39)38-34-31(35(42)44-2)27-16-6-7-17-29(27)46-34/h3-5,8-15,18-20H,6-7,16-17,21H2,1-2H3,(H,36,41)(H,37,40)(H,38,39)/b28-19-. The molecule has 0 bridgehead atoms. The number of anilines is 2. The number of aryl methyl sites for hydroxylation is 1. The fourth-order valence-corrected chi connectivity index (χ4v) is 7.03. The summed E-state index contributed by atoms with van der Waals surface area (Å²) in [7, 11) is 2.90. The van der Waals surface area contributed by atoms with E-state index in [1.807, 2.05) is 6.07 Å². The van der Waals surface area contributed by atoms with Crippen LogP contribution in [-0.2, 0) is 27.2 Å². The van der Waals surface area contributed by atoms with E-state index in [0.29, 0.717) is 33.1 Å². The second-order valence-electron chi connectivity index (χ2n) is 10.4. The highest BCUT2D eigenvalue weighted by atomic mass is 32.2. The molecule has 4 aromatic rings. The van der Waals surface area contributed by atoms with Crippen molar-refractivity contribution >= 4 is 63.6 Å². The van der Waals surface area contributed by atoms with E-state index in [-0.39, 0.29) is 17.4 Å². The van der Waals surface area contributed by atoms with Gasteiger partial charge in [0.05, 0.1) is 25.5 Å². The number of thiophene rings is 1. The summed E-state index contributed by atoms with van der Waals surface area (Å²) in [4.78, 5) is 53.8. The number of esters is 1. The van der Waals surface area contributed by atoms with E-state index in [9.17, 15) is 19.2 Å². The van der Waals surface area contributed by atoms with Gasteiger partial charge in [-0.2, -0.15) is 0 Å². The second kappa shape index (κ2) is 15.4. The second-order valence-corrected chi connectivity index (χ2v) is 12.5. The van der Waals surface area contributed by atoms with Crippen molar-refractivity contribution in [2.24, 2.45) is 0 Å². The normalized spacial score (nSPS) is 12.4. The largest absolute Gasteiger partial charge is 0.497 e. The van der Waals surface area contributed by atoms with Gasteiger partial charge in [0.1, 0.15) is 16.4 Å². The van der Waals surface area contributed by atoms with Crippen LogP contribution in [0, 0.1) is 0 Å². The predicted octanol–water partition coefficient (Wildman–Crippen LogP) is 6.56. The lowest BCUT2D eigenvalue weighted by Gasteiger charge is -2.13. The molecule has 3 N–H and O–H groups in total. The number of hydrogen-bond acceptors (Lipinski definition) is 8. The smallest absolute Gasteiger partial charge is 0.341 e. The predicted molar refractivity (Wildman–Crippen MR) is 182 cm³/mol. The average Bonchev–Trinajstić information content (AvgIpc) is 3.45. The van der Waals surface area contributed by atoms with Crippen LogP contribution in [-0.4, -0.2) is 43.7 Å². The molecule has 1 aliphatic carbocycles. The van der Waals surface area contributed by atoms with Crippen molar-refractivity contribution in [3.63, 3.8) is 0 Å². The fourth-order valence-electron chi connectivity index (χ4n) is 4.99. The van der Waals surface area contributed by atoms with Crippen molar-refractivity contribution in [1.29, 1.82) is 0 Å². The number of carbonyl (C=O) groups excluding carboxylic acids is 4. The highest BCUT2D eigenvalue weighted by molar-refractivity contribution is 8.00. The molecule has 46 heavy (non-hydrogen) atoms. The Labute approximate surface area is 275 Å². The monoisotopic (exact) mass is 655 g/mol. The number of ether oxygens (including phenoxy) is 2.